The van der Waals surface area contributed by atoms with E-state index in [2.05, 4.69) is 10.0 Å². The molecule has 1 aliphatic rings. The van der Waals surface area contributed by atoms with E-state index in [0.29, 0.717) is 28.4 Å². The Morgan fingerprint density at radius 2 is 1.62 bits per heavy atom. The number of hydrogen-bond donors (Lipinski definition) is 2. The average molecular weight is 596 g/mol. The van der Waals surface area contributed by atoms with Crippen LogP contribution in [0.3, 0.4) is 0 Å². The van der Waals surface area contributed by atoms with Crippen molar-refractivity contribution < 1.29 is 21.6 Å². The SMILES string of the molecule is Cc1ccc(S(=O)(=O)Nc2cccc(Cl)c2)cc1NC(=O)c1cccc(S(=O)(=O)N2c3ccccc3C[C@@H]2C)c1. The van der Waals surface area contributed by atoms with Gasteiger partial charge in [-0.1, -0.05) is 48.0 Å². The number of amides is 1. The van der Waals surface area contributed by atoms with Crippen LogP contribution in [0.5, 0.6) is 0 Å². The van der Waals surface area contributed by atoms with Crippen LogP contribution in [0.15, 0.2) is 101 Å². The summed E-state index contributed by atoms with van der Waals surface area (Å²) in [6.45, 7) is 3.57. The van der Waals surface area contributed by atoms with Crippen molar-refractivity contribution in [3.8, 4) is 0 Å². The molecule has 40 heavy (non-hydrogen) atoms. The lowest BCUT2D eigenvalue weighted by molar-refractivity contribution is 0.102. The van der Waals surface area contributed by atoms with E-state index < -0.39 is 26.0 Å². The third-order valence-corrected chi connectivity index (χ3v) is 10.2. The molecule has 0 radical (unpaired) electrons. The Balaban J connectivity index is 1.40. The molecule has 0 fully saturated rings. The summed E-state index contributed by atoms with van der Waals surface area (Å²) in [5.74, 6) is -0.577. The summed E-state index contributed by atoms with van der Waals surface area (Å²) < 4.78 is 57.1. The number of rotatable bonds is 7. The van der Waals surface area contributed by atoms with Gasteiger partial charge in [0.2, 0.25) is 0 Å². The number of halogens is 1. The molecule has 0 bridgehead atoms. The lowest BCUT2D eigenvalue weighted by Crippen LogP contribution is -2.35. The second-order valence-corrected chi connectivity index (χ2v) is 13.5. The molecule has 4 aromatic rings. The zero-order valence-corrected chi connectivity index (χ0v) is 24.0. The van der Waals surface area contributed by atoms with Gasteiger partial charge in [0.05, 0.1) is 21.2 Å². The molecular formula is C29H26ClN3O5S2. The maximum absolute atomic E-state index is 13.6. The summed E-state index contributed by atoms with van der Waals surface area (Å²) in [4.78, 5) is 13.1. The number of aryl methyl sites for hydroxylation is 1. The normalized spacial score (nSPS) is 15.0. The summed E-state index contributed by atoms with van der Waals surface area (Å²) in [5.41, 5.74) is 2.89. The van der Waals surface area contributed by atoms with E-state index in [9.17, 15) is 21.6 Å². The smallest absolute Gasteiger partial charge is 0.264 e. The molecule has 2 N–H and O–H groups in total. The van der Waals surface area contributed by atoms with Crippen LogP contribution in [0.25, 0.3) is 0 Å². The van der Waals surface area contributed by atoms with Gasteiger partial charge in [0, 0.05) is 22.3 Å². The van der Waals surface area contributed by atoms with Gasteiger partial charge in [-0.05, 0) is 86.0 Å². The molecule has 1 heterocycles. The molecule has 0 unspecified atom stereocenters. The quantitative estimate of drug-likeness (QED) is 0.279. The number of sulfonamides is 2. The van der Waals surface area contributed by atoms with Crippen LogP contribution in [0.1, 0.15) is 28.4 Å². The molecular weight excluding hydrogens is 570 g/mol. The van der Waals surface area contributed by atoms with Crippen LogP contribution in [-0.4, -0.2) is 28.8 Å². The van der Waals surface area contributed by atoms with Crippen molar-refractivity contribution in [1.82, 2.24) is 0 Å². The van der Waals surface area contributed by atoms with Crippen molar-refractivity contribution in [2.24, 2.45) is 0 Å². The highest BCUT2D eigenvalue weighted by atomic mass is 35.5. The Kier molecular flexibility index (Phi) is 7.34. The van der Waals surface area contributed by atoms with E-state index in [-0.39, 0.29) is 27.1 Å². The number of nitrogens with zero attached hydrogens (tertiary/aromatic N) is 1. The number of benzene rings is 4. The fourth-order valence-electron chi connectivity index (χ4n) is 4.68. The second-order valence-electron chi connectivity index (χ2n) is 9.56. The van der Waals surface area contributed by atoms with E-state index in [1.807, 2.05) is 19.1 Å². The summed E-state index contributed by atoms with van der Waals surface area (Å²) in [5, 5.41) is 3.10. The lowest BCUT2D eigenvalue weighted by Gasteiger charge is -2.24. The lowest BCUT2D eigenvalue weighted by atomic mass is 10.1. The molecule has 0 saturated heterocycles. The standard InChI is InChI=1S/C29H26ClN3O5S2/c1-19-13-14-25(39(35,36)32-24-10-6-9-23(30)17-24)18-27(19)31-29(34)22-8-5-11-26(16-22)40(37,38)33-20(2)15-21-7-3-4-12-28(21)33/h3-14,16-18,20,32H,15H2,1-2H3,(H,31,34)/t20-/m0/s1. The molecule has 206 valence electrons. The summed E-state index contributed by atoms with van der Waals surface area (Å²) in [7, 11) is -7.92. The Bertz CT molecular complexity index is 1840. The maximum Gasteiger partial charge on any atom is 0.264 e. The number of hydrogen-bond acceptors (Lipinski definition) is 5. The monoisotopic (exact) mass is 595 g/mol. The molecule has 0 saturated carbocycles. The molecule has 1 aliphatic heterocycles. The highest BCUT2D eigenvalue weighted by Crippen LogP contribution is 2.36. The topological polar surface area (TPSA) is 113 Å². The van der Waals surface area contributed by atoms with Crippen LogP contribution >= 0.6 is 11.6 Å². The van der Waals surface area contributed by atoms with Gasteiger partial charge in [0.1, 0.15) is 0 Å². The maximum atomic E-state index is 13.6. The molecule has 1 amide bonds. The predicted molar refractivity (Wildman–Crippen MR) is 157 cm³/mol. The van der Waals surface area contributed by atoms with Crippen molar-refractivity contribution >= 4 is 54.6 Å². The van der Waals surface area contributed by atoms with Gasteiger partial charge in [-0.25, -0.2) is 16.8 Å². The van der Waals surface area contributed by atoms with Gasteiger partial charge in [-0.15, -0.1) is 0 Å². The third-order valence-electron chi connectivity index (χ3n) is 6.64. The Morgan fingerprint density at radius 3 is 2.40 bits per heavy atom. The minimum Gasteiger partial charge on any atom is -0.322 e. The van der Waals surface area contributed by atoms with Crippen molar-refractivity contribution in [3.63, 3.8) is 0 Å². The highest BCUT2D eigenvalue weighted by molar-refractivity contribution is 7.93. The fraction of sp³-hybridized carbons (Fsp3) is 0.138. The fourth-order valence-corrected chi connectivity index (χ4v) is 7.68. The molecule has 5 rings (SSSR count). The van der Waals surface area contributed by atoms with Crippen LogP contribution in [0, 0.1) is 6.92 Å². The first-order valence-corrected chi connectivity index (χ1v) is 15.7. The molecule has 11 heteroatoms. The molecule has 0 aliphatic carbocycles. The van der Waals surface area contributed by atoms with E-state index in [4.69, 9.17) is 11.6 Å². The minimum atomic E-state index is -3.98. The summed E-state index contributed by atoms with van der Waals surface area (Å²) >= 11 is 5.96. The van der Waals surface area contributed by atoms with Gasteiger partial charge in [0.15, 0.2) is 0 Å². The predicted octanol–water partition coefficient (Wildman–Crippen LogP) is 5.84. The van der Waals surface area contributed by atoms with E-state index >= 15 is 0 Å². The van der Waals surface area contributed by atoms with Gasteiger partial charge in [-0.2, -0.15) is 0 Å². The van der Waals surface area contributed by atoms with Crippen LogP contribution < -0.4 is 14.3 Å². The number of fused-ring (bicyclic) bond motifs is 1. The van der Waals surface area contributed by atoms with Crippen molar-refractivity contribution in [1.29, 1.82) is 0 Å². The van der Waals surface area contributed by atoms with Crippen LogP contribution in [0.4, 0.5) is 17.1 Å². The molecule has 4 aromatic carbocycles. The Hall–Kier alpha value is -3.86. The van der Waals surface area contributed by atoms with Crippen molar-refractivity contribution in [2.75, 3.05) is 14.3 Å². The van der Waals surface area contributed by atoms with E-state index in [0.717, 1.165) is 5.56 Å². The number of anilines is 3. The van der Waals surface area contributed by atoms with Gasteiger partial charge >= 0.3 is 0 Å². The second kappa shape index (κ2) is 10.6. The largest absolute Gasteiger partial charge is 0.322 e. The molecule has 1 atom stereocenters. The van der Waals surface area contributed by atoms with Crippen molar-refractivity contribution in [2.45, 2.75) is 36.1 Å². The summed E-state index contributed by atoms with van der Waals surface area (Å²) in [6, 6.07) is 23.6. The highest BCUT2D eigenvalue weighted by Gasteiger charge is 2.36. The first kappa shape index (κ1) is 27.7. The molecule has 0 spiro atoms. The van der Waals surface area contributed by atoms with Gasteiger partial charge in [-0.3, -0.25) is 13.8 Å². The zero-order chi connectivity index (χ0) is 28.7. The number of para-hydroxylation sites is 1. The van der Waals surface area contributed by atoms with E-state index in [1.54, 1.807) is 43.3 Å². The van der Waals surface area contributed by atoms with Crippen LogP contribution in [-0.2, 0) is 26.5 Å². The Morgan fingerprint density at radius 1 is 0.875 bits per heavy atom. The molecule has 8 nitrogen and oxygen atoms in total. The summed E-state index contributed by atoms with van der Waals surface area (Å²) in [6.07, 6.45) is 0.597. The average Bonchev–Trinajstić information content (AvgIpc) is 3.26. The molecule has 0 aromatic heterocycles. The zero-order valence-electron chi connectivity index (χ0n) is 21.6. The number of carbonyl (C=O) groups excluding carboxylic acids is 1. The Labute approximate surface area is 238 Å². The third kappa shape index (κ3) is 5.42. The first-order chi connectivity index (χ1) is 19.0. The number of carbonyl (C=O) groups is 1. The number of nitrogens with one attached hydrogen (secondary N) is 2. The van der Waals surface area contributed by atoms with Gasteiger partial charge < -0.3 is 5.32 Å². The van der Waals surface area contributed by atoms with Gasteiger partial charge in [0.25, 0.3) is 26.0 Å². The first-order valence-electron chi connectivity index (χ1n) is 12.4. The van der Waals surface area contributed by atoms with Crippen LogP contribution in [0.2, 0.25) is 5.02 Å². The minimum absolute atomic E-state index is 0.0116. The van der Waals surface area contributed by atoms with E-state index in [1.165, 1.54) is 46.8 Å². The van der Waals surface area contributed by atoms with Crippen molar-refractivity contribution in [3.05, 3.63) is 113 Å².